The summed E-state index contributed by atoms with van der Waals surface area (Å²) in [6, 6.07) is 17.5. The fourth-order valence-electron chi connectivity index (χ4n) is 4.79. The number of aliphatic hydroxyl groups excluding tert-OH is 1. The first-order valence-electron chi connectivity index (χ1n) is 10.0. The Morgan fingerprint density at radius 1 is 1.00 bits per heavy atom. The fraction of sp³-hybridized carbons (Fsp3) is 0.455. The minimum Gasteiger partial charge on any atom is -0.395 e. The van der Waals surface area contributed by atoms with Crippen LogP contribution in [0.4, 0.5) is 0 Å². The van der Waals surface area contributed by atoms with Gasteiger partial charge in [-0.2, -0.15) is 4.31 Å². The average molecular weight is 401 g/mol. The van der Waals surface area contributed by atoms with Gasteiger partial charge in [-0.05, 0) is 43.5 Å². The number of fused-ring (bicyclic) bond motifs is 1. The molecule has 3 atom stereocenters. The average Bonchev–Trinajstić information content (AvgIpc) is 2.67. The minimum atomic E-state index is -3.54. The number of sulfonamides is 1. The summed E-state index contributed by atoms with van der Waals surface area (Å²) in [5.41, 5.74) is 1.96. The first kappa shape index (κ1) is 19.6. The molecule has 150 valence electrons. The third kappa shape index (κ3) is 3.39. The number of aryl methyl sites for hydroxylation is 1. The number of hydrogen-bond acceptors (Lipinski definition) is 4. The Balaban J connectivity index is 1.66. The van der Waals surface area contributed by atoms with Crippen LogP contribution in [0, 0.1) is 6.92 Å². The van der Waals surface area contributed by atoms with Crippen LogP contribution in [0.3, 0.4) is 0 Å². The molecule has 0 aliphatic carbocycles. The van der Waals surface area contributed by atoms with Crippen molar-refractivity contribution in [1.29, 1.82) is 0 Å². The Bertz CT molecular complexity index is 916. The van der Waals surface area contributed by atoms with Crippen LogP contribution in [0.15, 0.2) is 59.5 Å². The second-order valence-electron chi connectivity index (χ2n) is 7.83. The monoisotopic (exact) mass is 400 g/mol. The van der Waals surface area contributed by atoms with Crippen LogP contribution < -0.4 is 0 Å². The summed E-state index contributed by atoms with van der Waals surface area (Å²) in [7, 11) is -3.54. The van der Waals surface area contributed by atoms with E-state index in [1.807, 2.05) is 37.3 Å². The van der Waals surface area contributed by atoms with Crippen molar-refractivity contribution in [3.05, 3.63) is 65.7 Å². The van der Waals surface area contributed by atoms with Gasteiger partial charge >= 0.3 is 0 Å². The first-order chi connectivity index (χ1) is 13.5. The maximum absolute atomic E-state index is 13.4. The smallest absolute Gasteiger partial charge is 0.243 e. The van der Waals surface area contributed by atoms with Crippen molar-refractivity contribution in [3.8, 4) is 0 Å². The molecule has 1 unspecified atom stereocenters. The number of benzene rings is 2. The summed E-state index contributed by atoms with van der Waals surface area (Å²) >= 11 is 0. The van der Waals surface area contributed by atoms with E-state index >= 15 is 0 Å². The molecule has 2 aromatic rings. The van der Waals surface area contributed by atoms with Crippen molar-refractivity contribution in [2.45, 2.75) is 42.7 Å². The molecule has 6 heteroatoms. The molecule has 5 nitrogen and oxygen atoms in total. The Kier molecular flexibility index (Phi) is 5.56. The molecule has 0 saturated carbocycles. The predicted molar refractivity (Wildman–Crippen MR) is 110 cm³/mol. The Hall–Kier alpha value is -1.73. The highest BCUT2D eigenvalue weighted by Crippen LogP contribution is 2.42. The van der Waals surface area contributed by atoms with Gasteiger partial charge in [-0.25, -0.2) is 8.42 Å². The lowest BCUT2D eigenvalue weighted by Gasteiger charge is -2.57. The normalized spacial score (nSPS) is 26.7. The van der Waals surface area contributed by atoms with Gasteiger partial charge in [0.05, 0.1) is 11.5 Å². The SMILES string of the molecule is Cc1ccccc1S(=O)(=O)N1CCCCN2C(C1)[C@H](c1ccccc1)[C@H]2CO. The third-order valence-corrected chi connectivity index (χ3v) is 8.25. The molecule has 0 spiro atoms. The van der Waals surface area contributed by atoms with Gasteiger partial charge in [0.15, 0.2) is 0 Å². The zero-order chi connectivity index (χ0) is 19.7. The Labute approximate surface area is 167 Å². The predicted octanol–water partition coefficient (Wildman–Crippen LogP) is 2.61. The molecule has 4 rings (SSSR count). The van der Waals surface area contributed by atoms with Crippen LogP contribution in [0.1, 0.15) is 29.9 Å². The number of rotatable bonds is 4. The van der Waals surface area contributed by atoms with Gasteiger partial charge in [0.25, 0.3) is 0 Å². The minimum absolute atomic E-state index is 0.0634. The number of aliphatic hydroxyl groups is 1. The molecule has 2 aliphatic rings. The van der Waals surface area contributed by atoms with Gasteiger partial charge in [0.1, 0.15) is 0 Å². The van der Waals surface area contributed by atoms with E-state index in [1.165, 1.54) is 5.56 Å². The van der Waals surface area contributed by atoms with Crippen LogP contribution in [0.25, 0.3) is 0 Å². The van der Waals surface area contributed by atoms with Crippen molar-refractivity contribution < 1.29 is 13.5 Å². The number of hydrogen-bond donors (Lipinski definition) is 1. The summed E-state index contributed by atoms with van der Waals surface area (Å²) in [6.07, 6.45) is 1.77. The summed E-state index contributed by atoms with van der Waals surface area (Å²) < 4.78 is 28.5. The lowest BCUT2D eigenvalue weighted by molar-refractivity contribution is -0.0553. The van der Waals surface area contributed by atoms with Crippen LogP contribution in [0.2, 0.25) is 0 Å². The van der Waals surface area contributed by atoms with E-state index in [9.17, 15) is 13.5 Å². The van der Waals surface area contributed by atoms with Crippen molar-refractivity contribution in [3.63, 3.8) is 0 Å². The zero-order valence-electron chi connectivity index (χ0n) is 16.2. The third-order valence-electron chi connectivity index (χ3n) is 6.23. The van der Waals surface area contributed by atoms with Crippen molar-refractivity contribution >= 4 is 10.0 Å². The van der Waals surface area contributed by atoms with Crippen molar-refractivity contribution in [2.24, 2.45) is 0 Å². The zero-order valence-corrected chi connectivity index (χ0v) is 17.1. The number of nitrogens with zero attached hydrogens (tertiary/aromatic N) is 2. The van der Waals surface area contributed by atoms with Gasteiger partial charge in [-0.3, -0.25) is 4.90 Å². The van der Waals surface area contributed by atoms with E-state index in [2.05, 4.69) is 17.0 Å². The van der Waals surface area contributed by atoms with Gasteiger partial charge < -0.3 is 5.11 Å². The van der Waals surface area contributed by atoms with Crippen LogP contribution in [-0.2, 0) is 10.0 Å². The Morgan fingerprint density at radius 3 is 2.39 bits per heavy atom. The second kappa shape index (κ2) is 7.95. The molecule has 2 heterocycles. The van der Waals surface area contributed by atoms with Gasteiger partial charge in [-0.1, -0.05) is 48.5 Å². The Morgan fingerprint density at radius 2 is 1.68 bits per heavy atom. The van der Waals surface area contributed by atoms with E-state index in [4.69, 9.17) is 0 Å². The molecule has 0 bridgehead atoms. The van der Waals surface area contributed by atoms with E-state index in [0.29, 0.717) is 18.0 Å². The van der Waals surface area contributed by atoms with E-state index in [-0.39, 0.29) is 24.6 Å². The maximum Gasteiger partial charge on any atom is 0.243 e. The van der Waals surface area contributed by atoms with Crippen molar-refractivity contribution in [2.75, 3.05) is 26.2 Å². The highest BCUT2D eigenvalue weighted by molar-refractivity contribution is 7.89. The molecular weight excluding hydrogens is 372 g/mol. The molecule has 2 fully saturated rings. The van der Waals surface area contributed by atoms with E-state index < -0.39 is 10.0 Å². The highest BCUT2D eigenvalue weighted by atomic mass is 32.2. The lowest BCUT2D eigenvalue weighted by Crippen LogP contribution is -2.67. The molecular formula is C22H28N2O3S. The van der Waals surface area contributed by atoms with Crippen LogP contribution in [0.5, 0.6) is 0 Å². The fourth-order valence-corrected chi connectivity index (χ4v) is 6.51. The second-order valence-corrected chi connectivity index (χ2v) is 9.73. The van der Waals surface area contributed by atoms with Gasteiger partial charge in [-0.15, -0.1) is 0 Å². The molecule has 0 amide bonds. The van der Waals surface area contributed by atoms with E-state index in [0.717, 1.165) is 24.9 Å². The first-order valence-corrected chi connectivity index (χ1v) is 11.5. The molecule has 28 heavy (non-hydrogen) atoms. The molecule has 0 aromatic heterocycles. The lowest BCUT2D eigenvalue weighted by atomic mass is 9.74. The summed E-state index contributed by atoms with van der Waals surface area (Å²) in [5, 5.41) is 9.99. The van der Waals surface area contributed by atoms with Gasteiger partial charge in [0, 0.05) is 31.1 Å². The van der Waals surface area contributed by atoms with Crippen LogP contribution >= 0.6 is 0 Å². The summed E-state index contributed by atoms with van der Waals surface area (Å²) in [4.78, 5) is 2.70. The quantitative estimate of drug-likeness (QED) is 0.857. The standard InChI is InChI=1S/C22H28N2O3S/c1-17-9-5-6-12-21(17)28(26,27)23-13-7-8-14-24-19(15-23)22(20(24)16-25)18-10-3-2-4-11-18/h2-6,9-12,19-20,22,25H,7-8,13-16H2,1H3/t19?,20-,22+/m1/s1. The van der Waals surface area contributed by atoms with E-state index in [1.54, 1.807) is 16.4 Å². The molecule has 2 aliphatic heterocycles. The highest BCUT2D eigenvalue weighted by Gasteiger charge is 2.50. The molecule has 2 saturated heterocycles. The molecule has 2 aromatic carbocycles. The molecule has 1 N–H and O–H groups in total. The summed E-state index contributed by atoms with van der Waals surface area (Å²) in [6.45, 7) is 3.87. The van der Waals surface area contributed by atoms with Crippen LogP contribution in [-0.4, -0.2) is 61.1 Å². The molecule has 0 radical (unpaired) electrons. The van der Waals surface area contributed by atoms with Crippen molar-refractivity contribution in [1.82, 2.24) is 9.21 Å². The van der Waals surface area contributed by atoms with Gasteiger partial charge in [0.2, 0.25) is 10.0 Å². The maximum atomic E-state index is 13.4. The largest absolute Gasteiger partial charge is 0.395 e. The summed E-state index contributed by atoms with van der Waals surface area (Å²) in [5.74, 6) is 0.152. The topological polar surface area (TPSA) is 60.9 Å².